The summed E-state index contributed by atoms with van der Waals surface area (Å²) in [6, 6.07) is 3.20. The molecule has 9 heteroatoms. The van der Waals surface area contributed by atoms with Crippen molar-refractivity contribution in [2.24, 2.45) is 0 Å². The van der Waals surface area contributed by atoms with Gasteiger partial charge in [0.2, 0.25) is 0 Å². The molecule has 0 unspecified atom stereocenters. The first-order chi connectivity index (χ1) is 10.9. The molecule has 1 rings (SSSR count). The summed E-state index contributed by atoms with van der Waals surface area (Å²) < 4.78 is 16.0. The van der Waals surface area contributed by atoms with Crippen molar-refractivity contribution in [1.29, 1.82) is 0 Å². The number of hydrogen-bond donors (Lipinski definition) is 3. The van der Waals surface area contributed by atoms with Gasteiger partial charge in [-0.05, 0) is 47.2 Å². The molecule has 0 radical (unpaired) electrons. The van der Waals surface area contributed by atoms with Gasteiger partial charge in [-0.15, -0.1) is 0 Å². The largest absolute Gasteiger partial charge is 0.495 e. The van der Waals surface area contributed by atoms with Gasteiger partial charge in [0.1, 0.15) is 16.0 Å². The van der Waals surface area contributed by atoms with Crippen LogP contribution in [0.15, 0.2) is 16.6 Å². The van der Waals surface area contributed by atoms with E-state index in [1.807, 2.05) is 6.92 Å². The Hall–Kier alpha value is -1.58. The van der Waals surface area contributed by atoms with Crippen LogP contribution in [0.2, 0.25) is 0 Å². The van der Waals surface area contributed by atoms with Crippen molar-refractivity contribution in [2.75, 3.05) is 27.9 Å². The van der Waals surface area contributed by atoms with Crippen LogP contribution in [-0.4, -0.2) is 45.0 Å². The molecular weight excluding hydrogens is 386 g/mol. The smallest absolute Gasteiger partial charge is 0.269 e. The second kappa shape index (κ2) is 9.53. The molecule has 128 valence electrons. The van der Waals surface area contributed by atoms with Crippen molar-refractivity contribution >= 4 is 39.2 Å². The molecule has 0 heterocycles. The van der Waals surface area contributed by atoms with Crippen molar-refractivity contribution in [3.63, 3.8) is 0 Å². The van der Waals surface area contributed by atoms with E-state index in [0.717, 1.165) is 0 Å². The second-order valence-electron chi connectivity index (χ2n) is 4.60. The lowest BCUT2D eigenvalue weighted by Crippen LogP contribution is -2.49. The van der Waals surface area contributed by atoms with E-state index in [1.54, 1.807) is 19.2 Å². The summed E-state index contributed by atoms with van der Waals surface area (Å²) >= 11 is 8.43. The third kappa shape index (κ3) is 5.85. The fraction of sp³-hybridized carbons (Fsp3) is 0.429. The number of hydrazine groups is 1. The van der Waals surface area contributed by atoms with Gasteiger partial charge in [0.15, 0.2) is 5.11 Å². The van der Waals surface area contributed by atoms with Crippen molar-refractivity contribution in [3.8, 4) is 11.5 Å². The Morgan fingerprint density at radius 3 is 2.26 bits per heavy atom. The molecule has 0 aliphatic heterocycles. The summed E-state index contributed by atoms with van der Waals surface area (Å²) in [7, 11) is 4.62. The molecule has 23 heavy (non-hydrogen) atoms. The van der Waals surface area contributed by atoms with E-state index in [9.17, 15) is 4.79 Å². The zero-order valence-corrected chi connectivity index (χ0v) is 15.8. The Balaban J connectivity index is 2.70. The summed E-state index contributed by atoms with van der Waals surface area (Å²) in [6.07, 6.45) is 0. The molecular formula is C14H20BrN3O4S. The van der Waals surface area contributed by atoms with Crippen molar-refractivity contribution in [3.05, 3.63) is 22.2 Å². The van der Waals surface area contributed by atoms with E-state index in [0.29, 0.717) is 33.3 Å². The van der Waals surface area contributed by atoms with Gasteiger partial charge in [0.25, 0.3) is 5.91 Å². The van der Waals surface area contributed by atoms with Crippen LogP contribution in [0.3, 0.4) is 0 Å². The monoisotopic (exact) mass is 405 g/mol. The van der Waals surface area contributed by atoms with Crippen molar-refractivity contribution in [2.45, 2.75) is 13.0 Å². The molecule has 1 aromatic carbocycles. The summed E-state index contributed by atoms with van der Waals surface area (Å²) in [4.78, 5) is 12.2. The zero-order chi connectivity index (χ0) is 17.4. The number of hydrogen-bond acceptors (Lipinski definition) is 5. The Labute approximate surface area is 149 Å². The van der Waals surface area contributed by atoms with Crippen LogP contribution >= 0.6 is 28.1 Å². The maximum Gasteiger partial charge on any atom is 0.269 e. The number of nitrogens with one attached hydrogen (secondary N) is 3. The first-order valence-electron chi connectivity index (χ1n) is 6.70. The van der Waals surface area contributed by atoms with Crippen molar-refractivity contribution in [1.82, 2.24) is 16.2 Å². The zero-order valence-electron chi connectivity index (χ0n) is 13.4. The van der Waals surface area contributed by atoms with Crippen LogP contribution < -0.4 is 25.6 Å². The van der Waals surface area contributed by atoms with Crippen molar-refractivity contribution < 1.29 is 19.0 Å². The second-order valence-corrected chi connectivity index (χ2v) is 5.80. The molecule has 1 atom stereocenters. The number of halogens is 1. The van der Waals surface area contributed by atoms with Gasteiger partial charge < -0.3 is 19.5 Å². The van der Waals surface area contributed by atoms with E-state index >= 15 is 0 Å². The molecule has 0 bridgehead atoms. The molecule has 7 nitrogen and oxygen atoms in total. The van der Waals surface area contributed by atoms with Crippen LogP contribution in [0, 0.1) is 0 Å². The third-order valence-corrected chi connectivity index (χ3v) is 3.79. The van der Waals surface area contributed by atoms with Gasteiger partial charge >= 0.3 is 0 Å². The van der Waals surface area contributed by atoms with Crippen LogP contribution in [0.5, 0.6) is 11.5 Å². The lowest BCUT2D eigenvalue weighted by atomic mass is 10.2. The highest BCUT2D eigenvalue weighted by Crippen LogP contribution is 2.35. The Kier molecular flexibility index (Phi) is 8.07. The number of methoxy groups -OCH3 is 3. The molecule has 1 amide bonds. The maximum absolute atomic E-state index is 12.2. The molecule has 0 saturated heterocycles. The van der Waals surface area contributed by atoms with E-state index < -0.39 is 0 Å². The van der Waals surface area contributed by atoms with E-state index in [1.165, 1.54) is 14.2 Å². The standard InChI is InChI=1S/C14H20BrN3O4S/c1-8(7-20-2)16-14(23)18-17-13(19)9-5-10(21-3)12(15)11(6-9)22-4/h5-6,8H,7H2,1-4H3,(H,17,19)(H2,16,18,23)/t8-/m1/s1. The third-order valence-electron chi connectivity index (χ3n) is 2.79. The molecule has 0 aliphatic carbocycles. The number of rotatable bonds is 6. The molecule has 0 saturated carbocycles. The number of ether oxygens (including phenoxy) is 3. The molecule has 1 aromatic rings. The van der Waals surface area contributed by atoms with Crippen LogP contribution in [-0.2, 0) is 4.74 Å². The van der Waals surface area contributed by atoms with E-state index in [-0.39, 0.29) is 11.9 Å². The molecule has 0 aliphatic rings. The van der Waals surface area contributed by atoms with Gasteiger partial charge in [-0.3, -0.25) is 15.6 Å². The Morgan fingerprint density at radius 1 is 1.22 bits per heavy atom. The summed E-state index contributed by atoms with van der Waals surface area (Å²) in [5, 5.41) is 3.26. The quantitative estimate of drug-likeness (QED) is 0.489. The predicted molar refractivity (Wildman–Crippen MR) is 94.9 cm³/mol. The summed E-state index contributed by atoms with van der Waals surface area (Å²) in [5.74, 6) is 0.602. The van der Waals surface area contributed by atoms with Crippen LogP contribution in [0.1, 0.15) is 17.3 Å². The topological polar surface area (TPSA) is 80.9 Å². The fourth-order valence-corrected chi connectivity index (χ4v) is 2.54. The fourth-order valence-electron chi connectivity index (χ4n) is 1.74. The van der Waals surface area contributed by atoms with Crippen LogP contribution in [0.25, 0.3) is 0 Å². The van der Waals surface area contributed by atoms with Gasteiger partial charge in [0, 0.05) is 18.7 Å². The minimum absolute atomic E-state index is 0.0183. The maximum atomic E-state index is 12.2. The lowest BCUT2D eigenvalue weighted by Gasteiger charge is -2.17. The van der Waals surface area contributed by atoms with Gasteiger partial charge in [-0.2, -0.15) is 0 Å². The predicted octanol–water partition coefficient (Wildman–Crippen LogP) is 1.61. The highest BCUT2D eigenvalue weighted by Gasteiger charge is 2.15. The SMILES string of the molecule is COC[C@@H](C)NC(=S)NNC(=O)c1cc(OC)c(Br)c(OC)c1. The Morgan fingerprint density at radius 2 is 1.78 bits per heavy atom. The lowest BCUT2D eigenvalue weighted by molar-refractivity contribution is 0.0942. The summed E-state index contributed by atoms with van der Waals surface area (Å²) in [6.45, 7) is 2.40. The van der Waals surface area contributed by atoms with E-state index in [2.05, 4.69) is 32.1 Å². The summed E-state index contributed by atoms with van der Waals surface area (Å²) in [5.41, 5.74) is 5.50. The highest BCUT2D eigenvalue weighted by atomic mass is 79.9. The molecule has 0 fully saturated rings. The minimum Gasteiger partial charge on any atom is -0.495 e. The van der Waals surface area contributed by atoms with E-state index in [4.69, 9.17) is 26.4 Å². The first-order valence-corrected chi connectivity index (χ1v) is 7.90. The van der Waals surface area contributed by atoms with Gasteiger partial charge in [-0.25, -0.2) is 0 Å². The average molecular weight is 406 g/mol. The van der Waals surface area contributed by atoms with Gasteiger partial charge in [-0.1, -0.05) is 0 Å². The minimum atomic E-state index is -0.377. The number of carbonyl (C=O) groups is 1. The number of carbonyl (C=O) groups excluding carboxylic acids is 1. The molecule has 0 aromatic heterocycles. The highest BCUT2D eigenvalue weighted by molar-refractivity contribution is 9.10. The Bertz CT molecular complexity index is 546. The van der Waals surface area contributed by atoms with Gasteiger partial charge in [0.05, 0.1) is 20.8 Å². The first kappa shape index (κ1) is 19.5. The normalized spacial score (nSPS) is 11.3. The number of thiocarbonyl (C=S) groups is 1. The average Bonchev–Trinajstić information content (AvgIpc) is 2.52. The molecule has 3 N–H and O–H groups in total. The molecule has 0 spiro atoms. The van der Waals surface area contributed by atoms with Crippen LogP contribution in [0.4, 0.5) is 0 Å². The number of benzene rings is 1. The number of amides is 1.